The summed E-state index contributed by atoms with van der Waals surface area (Å²) in [6, 6.07) is 0. The van der Waals surface area contributed by atoms with Gasteiger partial charge in [0.05, 0.1) is 6.54 Å². The molecule has 0 aliphatic carbocycles. The highest BCUT2D eigenvalue weighted by Gasteiger charge is 1.64. The van der Waals surface area contributed by atoms with E-state index in [0.29, 0.717) is 6.54 Å². The van der Waals surface area contributed by atoms with Crippen LogP contribution in [0.1, 0.15) is 0 Å². The van der Waals surface area contributed by atoms with Crippen LogP contribution in [0.15, 0.2) is 29.3 Å². The van der Waals surface area contributed by atoms with Gasteiger partial charge in [0, 0.05) is 5.75 Å². The lowest BCUT2D eigenvalue weighted by molar-refractivity contribution is 1.27. The number of aliphatic imine (C=N–C) groups is 1. The molecule has 0 spiro atoms. The van der Waals surface area contributed by atoms with Gasteiger partial charge in [-0.3, -0.25) is 4.99 Å². The monoisotopic (exact) mass is 141 g/mol. The topological polar surface area (TPSA) is 12.4 Å². The van der Waals surface area contributed by atoms with E-state index in [2.05, 4.69) is 24.3 Å². The van der Waals surface area contributed by atoms with E-state index in [9.17, 15) is 0 Å². The van der Waals surface area contributed by atoms with Crippen molar-refractivity contribution in [2.45, 2.75) is 0 Å². The van der Waals surface area contributed by atoms with Gasteiger partial charge in [0.15, 0.2) is 0 Å². The van der Waals surface area contributed by atoms with Crippen LogP contribution in [0.2, 0.25) is 0 Å². The molecule has 9 heavy (non-hydrogen) atoms. The fourth-order valence-corrected chi connectivity index (χ4v) is 0.475. The molecule has 0 aliphatic heterocycles. The maximum atomic E-state index is 3.99. The number of hydrogen-bond acceptors (Lipinski definition) is 2. The van der Waals surface area contributed by atoms with Crippen molar-refractivity contribution < 1.29 is 0 Å². The summed E-state index contributed by atoms with van der Waals surface area (Å²) in [5.74, 6) is 0.784. The maximum Gasteiger partial charge on any atom is 0.0566 e. The standard InChI is InChI=1S/C7H11NS/c1-8-6-4-2-3-5-7-9/h2-5,9H,1,6-7H2/b4-2-,5-3-. The Morgan fingerprint density at radius 1 is 1.33 bits per heavy atom. The fourth-order valence-electron chi connectivity index (χ4n) is 0.353. The zero-order valence-corrected chi connectivity index (χ0v) is 6.22. The molecule has 0 bridgehead atoms. The highest BCUT2D eigenvalue weighted by Crippen LogP contribution is 1.80. The molecule has 0 aromatic carbocycles. The maximum absolute atomic E-state index is 3.99. The summed E-state index contributed by atoms with van der Waals surface area (Å²) in [5.41, 5.74) is 0. The van der Waals surface area contributed by atoms with Crippen LogP contribution in [-0.4, -0.2) is 19.0 Å². The number of rotatable bonds is 4. The quantitative estimate of drug-likeness (QED) is 0.348. The minimum absolute atomic E-state index is 0.691. The van der Waals surface area contributed by atoms with Gasteiger partial charge in [-0.1, -0.05) is 24.3 Å². The Morgan fingerprint density at radius 2 is 2.00 bits per heavy atom. The summed E-state index contributed by atoms with van der Waals surface area (Å²) in [6.07, 6.45) is 7.78. The molecule has 0 aromatic rings. The number of thiol groups is 1. The fraction of sp³-hybridized carbons (Fsp3) is 0.286. The van der Waals surface area contributed by atoms with Crippen molar-refractivity contribution in [1.82, 2.24) is 0 Å². The van der Waals surface area contributed by atoms with E-state index in [1.54, 1.807) is 0 Å². The van der Waals surface area contributed by atoms with E-state index in [-0.39, 0.29) is 0 Å². The van der Waals surface area contributed by atoms with Crippen molar-refractivity contribution in [2.75, 3.05) is 12.3 Å². The predicted molar refractivity (Wildman–Crippen MR) is 46.5 cm³/mol. The molecular formula is C7H11NS. The molecule has 0 heterocycles. The van der Waals surface area contributed by atoms with Crippen molar-refractivity contribution >= 4 is 19.3 Å². The Morgan fingerprint density at radius 3 is 2.56 bits per heavy atom. The minimum Gasteiger partial charge on any atom is -0.297 e. The molecule has 0 saturated carbocycles. The molecule has 0 atom stereocenters. The van der Waals surface area contributed by atoms with Gasteiger partial charge in [-0.05, 0) is 6.72 Å². The van der Waals surface area contributed by atoms with Gasteiger partial charge in [-0.2, -0.15) is 12.6 Å². The van der Waals surface area contributed by atoms with Crippen LogP contribution in [0, 0.1) is 0 Å². The second-order valence-corrected chi connectivity index (χ2v) is 1.81. The molecule has 0 amide bonds. The van der Waals surface area contributed by atoms with Gasteiger partial charge in [0.2, 0.25) is 0 Å². The Hall–Kier alpha value is -0.500. The Bertz CT molecular complexity index is 116. The lowest BCUT2D eigenvalue weighted by atomic mass is 10.4. The summed E-state index contributed by atoms with van der Waals surface area (Å²) in [6.45, 7) is 4.03. The summed E-state index contributed by atoms with van der Waals surface area (Å²) >= 11 is 3.99. The van der Waals surface area contributed by atoms with Crippen LogP contribution in [0.3, 0.4) is 0 Å². The minimum atomic E-state index is 0.691. The van der Waals surface area contributed by atoms with Crippen LogP contribution in [0.5, 0.6) is 0 Å². The lowest BCUT2D eigenvalue weighted by Crippen LogP contribution is -1.65. The third-order valence-corrected chi connectivity index (χ3v) is 0.934. The molecule has 0 radical (unpaired) electrons. The third kappa shape index (κ3) is 7.50. The number of nitrogens with zero attached hydrogens (tertiary/aromatic N) is 1. The van der Waals surface area contributed by atoms with Crippen molar-refractivity contribution in [3.63, 3.8) is 0 Å². The van der Waals surface area contributed by atoms with Gasteiger partial charge in [0.25, 0.3) is 0 Å². The average Bonchev–Trinajstić information content (AvgIpc) is 1.89. The molecule has 2 heteroatoms. The van der Waals surface area contributed by atoms with Gasteiger partial charge in [-0.15, -0.1) is 0 Å². The summed E-state index contributed by atoms with van der Waals surface area (Å²) < 4.78 is 0. The van der Waals surface area contributed by atoms with Crippen molar-refractivity contribution in [3.05, 3.63) is 24.3 Å². The van der Waals surface area contributed by atoms with Crippen LogP contribution < -0.4 is 0 Å². The third-order valence-electron chi connectivity index (χ3n) is 0.723. The summed E-state index contributed by atoms with van der Waals surface area (Å²) in [4.78, 5) is 3.64. The van der Waals surface area contributed by atoms with Gasteiger partial charge in [0.1, 0.15) is 0 Å². The average molecular weight is 141 g/mol. The van der Waals surface area contributed by atoms with Crippen LogP contribution in [-0.2, 0) is 0 Å². The van der Waals surface area contributed by atoms with Crippen molar-refractivity contribution in [3.8, 4) is 0 Å². The lowest BCUT2D eigenvalue weighted by Gasteiger charge is -1.76. The zero-order chi connectivity index (χ0) is 6.95. The van der Waals surface area contributed by atoms with Crippen molar-refractivity contribution in [1.29, 1.82) is 0 Å². The van der Waals surface area contributed by atoms with E-state index in [1.165, 1.54) is 0 Å². The Kier molecular flexibility index (Phi) is 7.08. The van der Waals surface area contributed by atoms with E-state index < -0.39 is 0 Å². The second kappa shape index (κ2) is 7.50. The molecule has 0 rings (SSSR count). The first-order chi connectivity index (χ1) is 4.41. The van der Waals surface area contributed by atoms with Crippen molar-refractivity contribution in [2.24, 2.45) is 4.99 Å². The first-order valence-electron chi connectivity index (χ1n) is 2.77. The smallest absolute Gasteiger partial charge is 0.0566 e. The van der Waals surface area contributed by atoms with E-state index in [0.717, 1.165) is 5.75 Å². The predicted octanol–water partition coefficient (Wildman–Crippen LogP) is 1.73. The number of hydrogen-bond donors (Lipinski definition) is 1. The molecule has 0 aliphatic rings. The molecule has 0 aromatic heterocycles. The van der Waals surface area contributed by atoms with Crippen LogP contribution in [0.25, 0.3) is 0 Å². The Labute approximate surface area is 61.6 Å². The Balaban J connectivity index is 3.23. The highest BCUT2D eigenvalue weighted by molar-refractivity contribution is 7.80. The van der Waals surface area contributed by atoms with Gasteiger partial charge >= 0.3 is 0 Å². The molecule has 0 N–H and O–H groups in total. The van der Waals surface area contributed by atoms with Crippen LogP contribution >= 0.6 is 12.6 Å². The van der Waals surface area contributed by atoms with Crippen LogP contribution in [0.4, 0.5) is 0 Å². The highest BCUT2D eigenvalue weighted by atomic mass is 32.1. The summed E-state index contributed by atoms with van der Waals surface area (Å²) in [7, 11) is 0. The molecule has 0 unspecified atom stereocenters. The second-order valence-electron chi connectivity index (χ2n) is 1.45. The molecule has 1 nitrogen and oxygen atoms in total. The molecular weight excluding hydrogens is 130 g/mol. The van der Waals surface area contributed by atoms with Gasteiger partial charge in [-0.25, -0.2) is 0 Å². The zero-order valence-electron chi connectivity index (χ0n) is 5.33. The summed E-state index contributed by atoms with van der Waals surface area (Å²) in [5, 5.41) is 0. The molecule has 0 saturated heterocycles. The largest absolute Gasteiger partial charge is 0.297 e. The van der Waals surface area contributed by atoms with E-state index >= 15 is 0 Å². The van der Waals surface area contributed by atoms with E-state index in [4.69, 9.17) is 0 Å². The molecule has 0 fully saturated rings. The first kappa shape index (κ1) is 8.50. The van der Waals surface area contributed by atoms with E-state index in [1.807, 2.05) is 24.3 Å². The normalized spacial score (nSPS) is 11.2. The SMILES string of the molecule is C=NC/C=C\C=C/CS. The number of allylic oxidation sites excluding steroid dienone is 2. The van der Waals surface area contributed by atoms with Gasteiger partial charge < -0.3 is 0 Å². The molecule has 50 valence electrons. The first-order valence-corrected chi connectivity index (χ1v) is 3.40.